The molecule has 128 valence electrons. The van der Waals surface area contributed by atoms with Gasteiger partial charge in [0, 0.05) is 11.5 Å². The van der Waals surface area contributed by atoms with Gasteiger partial charge in [-0.2, -0.15) is 0 Å². The molecule has 4 rings (SSSR count). The van der Waals surface area contributed by atoms with Crippen molar-refractivity contribution < 1.29 is 19.4 Å². The molecule has 2 aliphatic carbocycles. The van der Waals surface area contributed by atoms with Crippen molar-refractivity contribution in [2.45, 2.75) is 30.7 Å². The highest BCUT2D eigenvalue weighted by Gasteiger charge is 2.58. The van der Waals surface area contributed by atoms with Crippen LogP contribution >= 0.6 is 0 Å². The van der Waals surface area contributed by atoms with Gasteiger partial charge in [0.15, 0.2) is 0 Å². The highest BCUT2D eigenvalue weighted by molar-refractivity contribution is 6.02. The summed E-state index contributed by atoms with van der Waals surface area (Å²) in [6, 6.07) is 13.1. The van der Waals surface area contributed by atoms with E-state index in [0.29, 0.717) is 0 Å². The van der Waals surface area contributed by atoms with Gasteiger partial charge in [0.1, 0.15) is 11.3 Å². The van der Waals surface area contributed by atoms with Gasteiger partial charge in [0.05, 0.1) is 12.7 Å². The van der Waals surface area contributed by atoms with Crippen LogP contribution in [0.1, 0.15) is 44.7 Å². The smallest absolute Gasteiger partial charge is 0.339 e. The molecule has 1 amide bonds. The summed E-state index contributed by atoms with van der Waals surface area (Å²) in [6.07, 6.45) is 3.01. The molecule has 0 aromatic heterocycles. The third-order valence-electron chi connectivity index (χ3n) is 5.47. The zero-order chi connectivity index (χ0) is 17.6. The summed E-state index contributed by atoms with van der Waals surface area (Å²) >= 11 is 0. The van der Waals surface area contributed by atoms with Crippen LogP contribution in [0.25, 0.3) is 0 Å². The summed E-state index contributed by atoms with van der Waals surface area (Å²) in [5.41, 5.74) is 3.00. The number of fused-ring (bicyclic) bond motifs is 2. The average molecular weight is 337 g/mol. The first-order valence-corrected chi connectivity index (χ1v) is 8.36. The zero-order valence-corrected chi connectivity index (χ0v) is 13.9. The maximum Gasteiger partial charge on any atom is 0.339 e. The van der Waals surface area contributed by atoms with E-state index in [0.717, 1.165) is 19.3 Å². The van der Waals surface area contributed by atoms with Crippen LogP contribution in [0.3, 0.4) is 0 Å². The molecule has 0 heterocycles. The highest BCUT2D eigenvalue weighted by atomic mass is 16.5. The number of amides is 1. The molecule has 1 spiro atoms. The first-order valence-electron chi connectivity index (χ1n) is 8.36. The minimum absolute atomic E-state index is 0.00753. The van der Waals surface area contributed by atoms with Crippen molar-refractivity contribution in [3.05, 3.63) is 64.7 Å². The molecule has 2 N–H and O–H groups in total. The number of para-hydroxylation sites is 1. The summed E-state index contributed by atoms with van der Waals surface area (Å²) in [4.78, 5) is 24.0. The highest BCUT2D eigenvalue weighted by Crippen LogP contribution is 2.56. The van der Waals surface area contributed by atoms with Crippen molar-refractivity contribution >= 4 is 11.9 Å². The van der Waals surface area contributed by atoms with Crippen molar-refractivity contribution in [1.82, 2.24) is 5.32 Å². The van der Waals surface area contributed by atoms with Gasteiger partial charge in [0.25, 0.3) is 5.91 Å². The lowest BCUT2D eigenvalue weighted by Gasteiger charge is -2.14. The fraction of sp³-hybridized carbons (Fsp3) is 0.300. The number of hydrogen-bond acceptors (Lipinski definition) is 3. The number of carboxylic acid groups (broad SMARTS) is 1. The van der Waals surface area contributed by atoms with Gasteiger partial charge in [-0.15, -0.1) is 0 Å². The van der Waals surface area contributed by atoms with E-state index in [1.165, 1.54) is 24.3 Å². The minimum Gasteiger partial charge on any atom is -0.495 e. The Balaban J connectivity index is 1.57. The monoisotopic (exact) mass is 337 g/mol. The Morgan fingerprint density at radius 2 is 1.92 bits per heavy atom. The van der Waals surface area contributed by atoms with Crippen LogP contribution in [0.15, 0.2) is 42.5 Å². The predicted octanol–water partition coefficient (Wildman–Crippen LogP) is 2.78. The van der Waals surface area contributed by atoms with E-state index < -0.39 is 5.97 Å². The van der Waals surface area contributed by atoms with Crippen molar-refractivity contribution in [3.8, 4) is 5.75 Å². The molecule has 5 heteroatoms. The van der Waals surface area contributed by atoms with Gasteiger partial charge in [-0.05, 0) is 42.5 Å². The van der Waals surface area contributed by atoms with Crippen LogP contribution in [-0.4, -0.2) is 30.1 Å². The Hall–Kier alpha value is -2.82. The average Bonchev–Trinajstić information content (AvgIpc) is 3.18. The molecule has 0 aliphatic heterocycles. The lowest BCUT2D eigenvalue weighted by atomic mass is 9.97. The van der Waals surface area contributed by atoms with Gasteiger partial charge in [-0.3, -0.25) is 4.79 Å². The maximum atomic E-state index is 12.7. The van der Waals surface area contributed by atoms with Crippen LogP contribution < -0.4 is 10.1 Å². The summed E-state index contributed by atoms with van der Waals surface area (Å²) in [5, 5.41) is 12.3. The number of carbonyl (C=O) groups excluding carboxylic acids is 1. The number of aryl methyl sites for hydroxylation is 1. The second-order valence-electron chi connectivity index (χ2n) is 6.73. The molecule has 2 atom stereocenters. The minimum atomic E-state index is -1.11. The quantitative estimate of drug-likeness (QED) is 0.899. The summed E-state index contributed by atoms with van der Waals surface area (Å²) in [7, 11) is 1.38. The standard InChI is InChI=1S/C20H19NO4/c1-25-17-13(6-4-7-14(17)19(23)24)18(22)21-16-11-20(16)10-9-12-5-2-3-8-15(12)20/h2-8,16H,9-11H2,1H3,(H,21,22)(H,23,24). The number of nitrogens with one attached hydrogen (secondary N) is 1. The first kappa shape index (κ1) is 15.7. The van der Waals surface area contributed by atoms with E-state index in [1.807, 2.05) is 6.07 Å². The van der Waals surface area contributed by atoms with Crippen molar-refractivity contribution in [3.63, 3.8) is 0 Å². The SMILES string of the molecule is COc1c(C(=O)O)cccc1C(=O)NC1CC12CCc1ccccc12. The van der Waals surface area contributed by atoms with Gasteiger partial charge in [-0.25, -0.2) is 4.79 Å². The van der Waals surface area contributed by atoms with Crippen molar-refractivity contribution in [2.24, 2.45) is 0 Å². The Morgan fingerprint density at radius 3 is 2.68 bits per heavy atom. The van der Waals surface area contributed by atoms with Crippen LogP contribution in [0, 0.1) is 0 Å². The molecule has 2 aromatic carbocycles. The number of benzene rings is 2. The molecule has 2 aromatic rings. The normalized spacial score (nSPS) is 23.2. The predicted molar refractivity (Wildman–Crippen MR) is 92.3 cm³/mol. The largest absolute Gasteiger partial charge is 0.495 e. The molecule has 0 bridgehead atoms. The third-order valence-corrected chi connectivity index (χ3v) is 5.47. The molecule has 25 heavy (non-hydrogen) atoms. The van der Waals surface area contributed by atoms with Gasteiger partial charge in [-0.1, -0.05) is 30.3 Å². The van der Waals surface area contributed by atoms with Crippen LogP contribution in [0.2, 0.25) is 0 Å². The van der Waals surface area contributed by atoms with Crippen LogP contribution in [0.4, 0.5) is 0 Å². The molecule has 0 saturated heterocycles. The fourth-order valence-corrected chi connectivity index (χ4v) is 4.13. The Bertz CT molecular complexity index is 876. The number of methoxy groups -OCH3 is 1. The second kappa shape index (κ2) is 5.62. The molecule has 1 fully saturated rings. The number of carbonyl (C=O) groups is 2. The summed E-state index contributed by atoms with van der Waals surface area (Å²) < 4.78 is 5.19. The molecule has 2 unspecified atom stereocenters. The molecular formula is C20H19NO4. The van der Waals surface area contributed by atoms with E-state index in [-0.39, 0.29) is 34.2 Å². The number of rotatable bonds is 4. The fourth-order valence-electron chi connectivity index (χ4n) is 4.13. The molecule has 5 nitrogen and oxygen atoms in total. The summed E-state index contributed by atoms with van der Waals surface area (Å²) in [6.45, 7) is 0. The number of ether oxygens (including phenoxy) is 1. The molecule has 1 saturated carbocycles. The third kappa shape index (κ3) is 2.38. The topological polar surface area (TPSA) is 75.6 Å². The molecule has 2 aliphatic rings. The Morgan fingerprint density at radius 1 is 1.16 bits per heavy atom. The Kier molecular flexibility index (Phi) is 3.53. The molecular weight excluding hydrogens is 318 g/mol. The number of aromatic carboxylic acids is 1. The van der Waals surface area contributed by atoms with E-state index in [1.54, 1.807) is 12.1 Å². The van der Waals surface area contributed by atoms with Gasteiger partial charge in [0.2, 0.25) is 0 Å². The van der Waals surface area contributed by atoms with Crippen LogP contribution in [-0.2, 0) is 11.8 Å². The van der Waals surface area contributed by atoms with Gasteiger partial charge < -0.3 is 15.2 Å². The van der Waals surface area contributed by atoms with E-state index in [9.17, 15) is 14.7 Å². The van der Waals surface area contributed by atoms with Gasteiger partial charge >= 0.3 is 5.97 Å². The van der Waals surface area contributed by atoms with E-state index >= 15 is 0 Å². The van der Waals surface area contributed by atoms with Crippen LogP contribution in [0.5, 0.6) is 5.75 Å². The van der Waals surface area contributed by atoms with Crippen molar-refractivity contribution in [2.75, 3.05) is 7.11 Å². The zero-order valence-electron chi connectivity index (χ0n) is 13.9. The lowest BCUT2D eigenvalue weighted by molar-refractivity contribution is 0.0693. The molecule has 0 radical (unpaired) electrons. The number of hydrogen-bond donors (Lipinski definition) is 2. The number of carboxylic acids is 1. The lowest BCUT2D eigenvalue weighted by Crippen LogP contribution is -2.31. The first-order chi connectivity index (χ1) is 12.1. The van der Waals surface area contributed by atoms with E-state index in [2.05, 4.69) is 23.5 Å². The Labute approximate surface area is 145 Å². The summed E-state index contributed by atoms with van der Waals surface area (Å²) in [5.74, 6) is -1.29. The second-order valence-corrected chi connectivity index (χ2v) is 6.73. The maximum absolute atomic E-state index is 12.7. The van der Waals surface area contributed by atoms with E-state index in [4.69, 9.17) is 4.74 Å². The van der Waals surface area contributed by atoms with Crippen molar-refractivity contribution in [1.29, 1.82) is 0 Å².